The molecule has 4 nitrogen and oxygen atoms in total. The molecule has 0 aromatic carbocycles. The van der Waals surface area contributed by atoms with Crippen molar-refractivity contribution in [3.05, 3.63) is 54.2 Å². The maximum absolute atomic E-state index is 12.3. The molecule has 1 saturated heterocycles. The summed E-state index contributed by atoms with van der Waals surface area (Å²) in [5.41, 5.74) is 1.05. The van der Waals surface area contributed by atoms with Gasteiger partial charge in [-0.15, -0.1) is 11.8 Å². The monoisotopic (exact) mass is 274 g/mol. The van der Waals surface area contributed by atoms with Gasteiger partial charge in [0.1, 0.15) is 11.1 Å². The van der Waals surface area contributed by atoms with Crippen molar-refractivity contribution in [2.45, 2.75) is 24.1 Å². The van der Waals surface area contributed by atoms with Crippen molar-refractivity contribution in [3.63, 3.8) is 0 Å². The zero-order valence-corrected chi connectivity index (χ0v) is 11.3. The number of carbonyl (C=O) groups is 1. The van der Waals surface area contributed by atoms with Crippen molar-refractivity contribution in [2.75, 3.05) is 0 Å². The van der Waals surface area contributed by atoms with E-state index >= 15 is 0 Å². The maximum Gasteiger partial charge on any atom is 0.237 e. The van der Waals surface area contributed by atoms with Crippen LogP contribution in [0.1, 0.15) is 23.6 Å². The van der Waals surface area contributed by atoms with Crippen LogP contribution in [-0.2, 0) is 11.3 Å². The van der Waals surface area contributed by atoms with Crippen LogP contribution in [0.3, 0.4) is 0 Å². The van der Waals surface area contributed by atoms with E-state index in [9.17, 15) is 4.79 Å². The lowest BCUT2D eigenvalue weighted by molar-refractivity contribution is -0.130. The van der Waals surface area contributed by atoms with E-state index in [4.69, 9.17) is 4.42 Å². The van der Waals surface area contributed by atoms with E-state index in [0.29, 0.717) is 6.54 Å². The quantitative estimate of drug-likeness (QED) is 0.863. The average molecular weight is 274 g/mol. The fraction of sp³-hybridized carbons (Fsp3) is 0.286. The second-order valence-electron chi connectivity index (χ2n) is 4.46. The molecule has 2 aromatic heterocycles. The Morgan fingerprint density at radius 1 is 1.42 bits per heavy atom. The molecule has 0 aliphatic carbocycles. The Kier molecular flexibility index (Phi) is 3.29. The number of amides is 1. The summed E-state index contributed by atoms with van der Waals surface area (Å²) in [6.45, 7) is 2.45. The first-order valence-corrected chi connectivity index (χ1v) is 7.08. The molecule has 2 atom stereocenters. The number of pyridine rings is 1. The smallest absolute Gasteiger partial charge is 0.237 e. The number of thioether (sulfide) groups is 1. The van der Waals surface area contributed by atoms with Crippen LogP contribution in [0.2, 0.25) is 0 Å². The third-order valence-electron chi connectivity index (χ3n) is 3.12. The summed E-state index contributed by atoms with van der Waals surface area (Å²) in [6.07, 6.45) is 5.19. The molecule has 0 N–H and O–H groups in total. The standard InChI is InChI=1S/C14H14N2O2S/c1-10-13(17)16(9-12-5-3-7-18-12)14(19-10)11-4-2-6-15-8-11/h2-8,10,14H,9H2,1H3. The number of hydrogen-bond acceptors (Lipinski definition) is 4. The third kappa shape index (κ3) is 2.38. The Morgan fingerprint density at radius 3 is 3.00 bits per heavy atom. The number of aromatic nitrogens is 1. The molecule has 0 saturated carbocycles. The zero-order valence-electron chi connectivity index (χ0n) is 10.5. The first-order chi connectivity index (χ1) is 9.25. The van der Waals surface area contributed by atoms with Crippen molar-refractivity contribution < 1.29 is 9.21 Å². The van der Waals surface area contributed by atoms with E-state index in [-0.39, 0.29) is 16.5 Å². The highest BCUT2D eigenvalue weighted by Crippen LogP contribution is 2.43. The molecule has 98 valence electrons. The van der Waals surface area contributed by atoms with Crippen LogP contribution in [-0.4, -0.2) is 21.0 Å². The lowest BCUT2D eigenvalue weighted by Crippen LogP contribution is -2.29. The molecule has 0 spiro atoms. The Balaban J connectivity index is 1.87. The zero-order chi connectivity index (χ0) is 13.2. The summed E-state index contributed by atoms with van der Waals surface area (Å²) in [4.78, 5) is 18.2. The summed E-state index contributed by atoms with van der Waals surface area (Å²) in [6, 6.07) is 7.63. The minimum Gasteiger partial charge on any atom is -0.467 e. The van der Waals surface area contributed by atoms with Gasteiger partial charge in [-0.2, -0.15) is 0 Å². The molecule has 0 radical (unpaired) electrons. The van der Waals surface area contributed by atoms with Gasteiger partial charge in [-0.1, -0.05) is 6.07 Å². The SMILES string of the molecule is CC1SC(c2cccnc2)N(Cc2ccco2)C1=O. The van der Waals surface area contributed by atoms with Crippen LogP contribution in [0.4, 0.5) is 0 Å². The molecule has 1 amide bonds. The number of furan rings is 1. The van der Waals surface area contributed by atoms with Crippen LogP contribution in [0.25, 0.3) is 0 Å². The van der Waals surface area contributed by atoms with Crippen LogP contribution in [0.15, 0.2) is 47.3 Å². The van der Waals surface area contributed by atoms with Gasteiger partial charge in [-0.05, 0) is 25.1 Å². The molecule has 3 rings (SSSR count). The lowest BCUT2D eigenvalue weighted by atomic mass is 10.2. The predicted octanol–water partition coefficient (Wildman–Crippen LogP) is 2.84. The largest absolute Gasteiger partial charge is 0.467 e. The van der Waals surface area contributed by atoms with Crippen molar-refractivity contribution in [2.24, 2.45) is 0 Å². The highest BCUT2D eigenvalue weighted by Gasteiger charge is 2.38. The number of hydrogen-bond donors (Lipinski definition) is 0. The molecule has 2 aromatic rings. The average Bonchev–Trinajstić information content (AvgIpc) is 3.04. The molecule has 19 heavy (non-hydrogen) atoms. The summed E-state index contributed by atoms with van der Waals surface area (Å²) < 4.78 is 5.34. The highest BCUT2D eigenvalue weighted by atomic mass is 32.2. The van der Waals surface area contributed by atoms with Crippen LogP contribution >= 0.6 is 11.8 Å². The molecular formula is C14H14N2O2S. The molecule has 3 heterocycles. The van der Waals surface area contributed by atoms with Crippen molar-refractivity contribution >= 4 is 17.7 Å². The van der Waals surface area contributed by atoms with Gasteiger partial charge in [0, 0.05) is 18.0 Å². The Morgan fingerprint density at radius 2 is 2.32 bits per heavy atom. The molecule has 2 unspecified atom stereocenters. The van der Waals surface area contributed by atoms with Crippen molar-refractivity contribution in [1.82, 2.24) is 9.88 Å². The maximum atomic E-state index is 12.3. The second-order valence-corrected chi connectivity index (χ2v) is 5.89. The number of carbonyl (C=O) groups excluding carboxylic acids is 1. The van der Waals surface area contributed by atoms with E-state index in [1.54, 1.807) is 24.2 Å². The molecule has 1 fully saturated rings. The summed E-state index contributed by atoms with van der Waals surface area (Å²) >= 11 is 1.65. The number of rotatable bonds is 3. The van der Waals surface area contributed by atoms with Crippen molar-refractivity contribution in [3.8, 4) is 0 Å². The Hall–Kier alpha value is -1.75. The van der Waals surface area contributed by atoms with Crippen LogP contribution < -0.4 is 0 Å². The molecular weight excluding hydrogens is 260 g/mol. The van der Waals surface area contributed by atoms with Gasteiger partial charge in [-0.25, -0.2) is 0 Å². The van der Waals surface area contributed by atoms with E-state index < -0.39 is 0 Å². The number of nitrogens with zero attached hydrogens (tertiary/aromatic N) is 2. The predicted molar refractivity (Wildman–Crippen MR) is 73.3 cm³/mol. The Labute approximate surface area is 115 Å². The van der Waals surface area contributed by atoms with Crippen LogP contribution in [0.5, 0.6) is 0 Å². The second kappa shape index (κ2) is 5.09. The minimum atomic E-state index is -0.0276. The fourth-order valence-corrected chi connectivity index (χ4v) is 3.45. The van der Waals surface area contributed by atoms with Gasteiger partial charge >= 0.3 is 0 Å². The van der Waals surface area contributed by atoms with Gasteiger partial charge in [0.2, 0.25) is 5.91 Å². The van der Waals surface area contributed by atoms with Gasteiger partial charge in [0.05, 0.1) is 18.1 Å². The van der Waals surface area contributed by atoms with Gasteiger partial charge < -0.3 is 9.32 Å². The molecule has 1 aliphatic heterocycles. The third-order valence-corrected chi connectivity index (χ3v) is 4.52. The first-order valence-electron chi connectivity index (χ1n) is 6.14. The highest BCUT2D eigenvalue weighted by molar-refractivity contribution is 8.01. The fourth-order valence-electron chi connectivity index (χ4n) is 2.19. The van der Waals surface area contributed by atoms with E-state index in [1.165, 1.54) is 0 Å². The molecule has 1 aliphatic rings. The van der Waals surface area contributed by atoms with E-state index in [2.05, 4.69) is 4.98 Å². The van der Waals surface area contributed by atoms with Gasteiger partial charge in [0.15, 0.2) is 0 Å². The van der Waals surface area contributed by atoms with Crippen LogP contribution in [0, 0.1) is 0 Å². The lowest BCUT2D eigenvalue weighted by Gasteiger charge is -2.22. The van der Waals surface area contributed by atoms with Gasteiger partial charge in [0.25, 0.3) is 0 Å². The minimum absolute atomic E-state index is 0.0151. The van der Waals surface area contributed by atoms with Gasteiger partial charge in [-0.3, -0.25) is 9.78 Å². The first kappa shape index (κ1) is 12.3. The summed E-state index contributed by atoms with van der Waals surface area (Å²) in [5.74, 6) is 0.951. The Bertz CT molecular complexity index is 556. The topological polar surface area (TPSA) is 46.3 Å². The van der Waals surface area contributed by atoms with E-state index in [0.717, 1.165) is 11.3 Å². The van der Waals surface area contributed by atoms with Crippen molar-refractivity contribution in [1.29, 1.82) is 0 Å². The normalized spacial score (nSPS) is 23.0. The summed E-state index contributed by atoms with van der Waals surface area (Å²) in [7, 11) is 0. The van der Waals surface area contributed by atoms with E-state index in [1.807, 2.05) is 42.3 Å². The summed E-state index contributed by atoms with van der Waals surface area (Å²) in [5, 5.41) is -0.0125. The molecule has 5 heteroatoms. The molecule has 0 bridgehead atoms.